The molecule has 0 amide bonds. The van der Waals surface area contributed by atoms with E-state index in [4.69, 9.17) is 9.40 Å². The summed E-state index contributed by atoms with van der Waals surface area (Å²) >= 11 is 1.47. The first-order valence-electron chi connectivity index (χ1n) is 9.54. The van der Waals surface area contributed by atoms with Crippen LogP contribution in [0.4, 0.5) is 0 Å². The molecular formula is C23H22N2O2S. The molecule has 0 bridgehead atoms. The number of benzene rings is 2. The molecule has 2 heterocycles. The fourth-order valence-electron chi connectivity index (χ4n) is 3.15. The lowest BCUT2D eigenvalue weighted by molar-refractivity contribution is 0.0961. The number of para-hydroxylation sites is 2. The number of carbonyl (C=O) groups excluding carboxylic acids is 1. The van der Waals surface area contributed by atoms with Crippen LogP contribution in [0.15, 0.2) is 81.4 Å². The van der Waals surface area contributed by atoms with Gasteiger partial charge in [-0.05, 0) is 48.0 Å². The molecule has 142 valence electrons. The zero-order valence-electron chi connectivity index (χ0n) is 15.8. The molecule has 28 heavy (non-hydrogen) atoms. The van der Waals surface area contributed by atoms with Crippen LogP contribution in [0.1, 0.15) is 35.9 Å². The lowest BCUT2D eigenvalue weighted by Gasteiger charge is -2.06. The molecule has 0 radical (unpaired) electrons. The zero-order valence-corrected chi connectivity index (χ0v) is 16.6. The molecule has 0 aliphatic heterocycles. The predicted molar refractivity (Wildman–Crippen MR) is 112 cm³/mol. The zero-order chi connectivity index (χ0) is 19.3. The van der Waals surface area contributed by atoms with E-state index >= 15 is 0 Å². The number of aryl methyl sites for hydroxylation is 1. The lowest BCUT2D eigenvalue weighted by Crippen LogP contribution is -2.01. The van der Waals surface area contributed by atoms with Crippen LogP contribution in [0.5, 0.6) is 0 Å². The van der Waals surface area contributed by atoms with Crippen molar-refractivity contribution in [3.8, 4) is 0 Å². The summed E-state index contributed by atoms with van der Waals surface area (Å²) in [4.78, 5) is 17.3. The highest BCUT2D eigenvalue weighted by Crippen LogP contribution is 2.32. The Balaban J connectivity index is 1.54. The van der Waals surface area contributed by atoms with Gasteiger partial charge in [-0.3, -0.25) is 4.79 Å². The van der Waals surface area contributed by atoms with Crippen LogP contribution in [0.3, 0.4) is 0 Å². The van der Waals surface area contributed by atoms with Crippen molar-refractivity contribution in [2.45, 2.75) is 43.0 Å². The summed E-state index contributed by atoms with van der Waals surface area (Å²) in [5.74, 6) is 0.375. The first-order valence-corrected chi connectivity index (χ1v) is 10.4. The number of fused-ring (bicyclic) bond motifs is 1. The van der Waals surface area contributed by atoms with Gasteiger partial charge in [-0.25, -0.2) is 4.98 Å². The average Bonchev–Trinajstić information content (AvgIpc) is 3.32. The molecule has 5 heteroatoms. The number of furan rings is 1. The maximum Gasteiger partial charge on any atom is 0.202 e. The average molecular weight is 391 g/mol. The molecule has 0 aliphatic carbocycles. The van der Waals surface area contributed by atoms with E-state index in [1.54, 1.807) is 6.07 Å². The van der Waals surface area contributed by atoms with Gasteiger partial charge in [0, 0.05) is 13.0 Å². The van der Waals surface area contributed by atoms with E-state index in [1.807, 2.05) is 54.6 Å². The second-order valence-corrected chi connectivity index (χ2v) is 7.67. The Labute approximate surface area is 168 Å². The fraction of sp³-hybridized carbons (Fsp3) is 0.217. The quantitative estimate of drug-likeness (QED) is 0.346. The van der Waals surface area contributed by atoms with E-state index in [2.05, 4.69) is 17.6 Å². The maximum atomic E-state index is 12.5. The third kappa shape index (κ3) is 4.04. The Hall–Kier alpha value is -2.79. The molecule has 0 spiro atoms. The van der Waals surface area contributed by atoms with Crippen molar-refractivity contribution in [3.05, 3.63) is 78.1 Å². The number of imidazole rings is 1. The summed E-state index contributed by atoms with van der Waals surface area (Å²) in [6, 6.07) is 21.5. The Morgan fingerprint density at radius 3 is 2.64 bits per heavy atom. The number of nitrogens with zero attached hydrogens (tertiary/aromatic N) is 2. The highest BCUT2D eigenvalue weighted by molar-refractivity contribution is 7.99. The number of hydrogen-bond donors (Lipinski definition) is 0. The van der Waals surface area contributed by atoms with E-state index in [-0.39, 0.29) is 5.78 Å². The Kier molecular flexibility index (Phi) is 5.63. The number of hydrogen-bond acceptors (Lipinski definition) is 4. The van der Waals surface area contributed by atoms with Gasteiger partial charge in [-0.2, -0.15) is 0 Å². The van der Waals surface area contributed by atoms with Gasteiger partial charge in [0.25, 0.3) is 0 Å². The van der Waals surface area contributed by atoms with Crippen molar-refractivity contribution in [2.75, 3.05) is 0 Å². The Morgan fingerprint density at radius 2 is 1.82 bits per heavy atom. The summed E-state index contributed by atoms with van der Waals surface area (Å²) in [5, 5.41) is 1.58. The Morgan fingerprint density at radius 1 is 1.04 bits per heavy atom. The van der Waals surface area contributed by atoms with E-state index in [0.29, 0.717) is 17.3 Å². The summed E-state index contributed by atoms with van der Waals surface area (Å²) in [6.45, 7) is 3.10. The van der Waals surface area contributed by atoms with Gasteiger partial charge in [0.1, 0.15) is 0 Å². The van der Waals surface area contributed by atoms with Crippen molar-refractivity contribution >= 4 is 28.6 Å². The van der Waals surface area contributed by atoms with E-state index in [9.17, 15) is 4.79 Å². The van der Waals surface area contributed by atoms with Gasteiger partial charge in [0.2, 0.25) is 5.78 Å². The number of aromatic nitrogens is 2. The van der Waals surface area contributed by atoms with Crippen LogP contribution in [-0.4, -0.2) is 15.3 Å². The lowest BCUT2D eigenvalue weighted by atomic mass is 10.1. The third-order valence-corrected chi connectivity index (χ3v) is 5.53. The van der Waals surface area contributed by atoms with Crippen molar-refractivity contribution < 1.29 is 9.21 Å². The SMILES string of the molecule is CCCCn1c(Sc2ccc(C(=O)Cc3ccccc3)o2)nc2ccccc21. The van der Waals surface area contributed by atoms with Gasteiger partial charge in [0.05, 0.1) is 11.0 Å². The highest BCUT2D eigenvalue weighted by atomic mass is 32.2. The number of carbonyl (C=O) groups is 1. The molecular weight excluding hydrogens is 368 g/mol. The van der Waals surface area contributed by atoms with Gasteiger partial charge in [0.15, 0.2) is 16.0 Å². The number of Topliss-reactive ketones (excluding diaryl/α,β-unsaturated/α-hetero) is 1. The van der Waals surface area contributed by atoms with Crippen LogP contribution in [0.2, 0.25) is 0 Å². The van der Waals surface area contributed by atoms with E-state index < -0.39 is 0 Å². The van der Waals surface area contributed by atoms with Crippen molar-refractivity contribution in [3.63, 3.8) is 0 Å². The fourth-order valence-corrected chi connectivity index (χ4v) is 4.04. The predicted octanol–water partition coefficient (Wildman–Crippen LogP) is 6.01. The van der Waals surface area contributed by atoms with Crippen LogP contribution >= 0.6 is 11.8 Å². The monoisotopic (exact) mass is 390 g/mol. The van der Waals surface area contributed by atoms with Crippen LogP contribution in [0, 0.1) is 0 Å². The van der Waals surface area contributed by atoms with Gasteiger partial charge >= 0.3 is 0 Å². The molecule has 4 nitrogen and oxygen atoms in total. The molecule has 0 saturated carbocycles. The maximum absolute atomic E-state index is 12.5. The largest absolute Gasteiger partial charge is 0.446 e. The summed E-state index contributed by atoms with van der Waals surface area (Å²) in [7, 11) is 0. The molecule has 2 aromatic heterocycles. The number of unbranched alkanes of at least 4 members (excludes halogenated alkanes) is 1. The standard InChI is InChI=1S/C23H22N2O2S/c1-2-3-15-25-19-12-8-7-11-18(19)24-23(25)28-22-14-13-21(27-22)20(26)16-17-9-5-4-6-10-17/h4-14H,2-3,15-16H2,1H3. The molecule has 0 saturated heterocycles. The summed E-state index contributed by atoms with van der Waals surface area (Å²) in [6.07, 6.45) is 2.55. The molecule has 0 fully saturated rings. The summed E-state index contributed by atoms with van der Waals surface area (Å²) < 4.78 is 8.07. The normalized spacial score (nSPS) is 11.2. The smallest absolute Gasteiger partial charge is 0.202 e. The topological polar surface area (TPSA) is 48.0 Å². The van der Waals surface area contributed by atoms with Gasteiger partial charge in [-0.15, -0.1) is 0 Å². The second-order valence-electron chi connectivity index (χ2n) is 6.69. The van der Waals surface area contributed by atoms with Crippen molar-refractivity contribution in [2.24, 2.45) is 0 Å². The minimum absolute atomic E-state index is 0.0162. The van der Waals surface area contributed by atoms with E-state index in [1.165, 1.54) is 11.8 Å². The molecule has 4 aromatic rings. The van der Waals surface area contributed by atoms with Crippen LogP contribution in [-0.2, 0) is 13.0 Å². The van der Waals surface area contributed by atoms with Gasteiger partial charge in [-0.1, -0.05) is 55.8 Å². The summed E-state index contributed by atoms with van der Waals surface area (Å²) in [5.41, 5.74) is 3.10. The molecule has 2 aromatic carbocycles. The van der Waals surface area contributed by atoms with Gasteiger partial charge < -0.3 is 8.98 Å². The highest BCUT2D eigenvalue weighted by Gasteiger charge is 2.16. The molecule has 0 unspecified atom stereocenters. The Bertz CT molecular complexity index is 1080. The first kappa shape index (κ1) is 18.6. The van der Waals surface area contributed by atoms with Crippen LogP contribution < -0.4 is 0 Å². The second kappa shape index (κ2) is 8.48. The van der Waals surface area contributed by atoms with Crippen LogP contribution in [0.25, 0.3) is 11.0 Å². The van der Waals surface area contributed by atoms with Crippen molar-refractivity contribution in [1.82, 2.24) is 9.55 Å². The number of ketones is 1. The molecule has 4 rings (SSSR count). The number of rotatable bonds is 8. The third-order valence-electron chi connectivity index (χ3n) is 4.61. The molecule has 0 N–H and O–H groups in total. The minimum Gasteiger partial charge on any atom is -0.446 e. The minimum atomic E-state index is -0.0162. The molecule has 0 atom stereocenters. The van der Waals surface area contributed by atoms with Crippen molar-refractivity contribution in [1.29, 1.82) is 0 Å². The van der Waals surface area contributed by atoms with E-state index in [0.717, 1.165) is 41.1 Å². The molecule has 0 aliphatic rings. The first-order chi connectivity index (χ1) is 13.7.